The Morgan fingerprint density at radius 3 is 1.79 bits per heavy atom. The molecule has 39 heavy (non-hydrogen) atoms. The zero-order valence-corrected chi connectivity index (χ0v) is 24.1. The van der Waals surface area contributed by atoms with Crippen LogP contribution >= 0.6 is 31.9 Å². The molecule has 2 aliphatic heterocycles. The molecule has 0 bridgehead atoms. The number of rotatable bonds is 3. The normalized spacial score (nSPS) is 18.2. The number of hydrogen-bond donors (Lipinski definition) is 0. The van der Waals surface area contributed by atoms with Gasteiger partial charge < -0.3 is 22.0 Å². The molecule has 0 aromatic heterocycles. The maximum Gasteiger partial charge on any atom is 0.673 e. The van der Waals surface area contributed by atoms with Crippen LogP contribution < -0.4 is 0 Å². The first-order valence-electron chi connectivity index (χ1n) is 12.5. The number of ether oxygens (including phenoxy) is 1. The minimum atomic E-state index is -6.00. The van der Waals surface area contributed by atoms with E-state index < -0.39 is 7.25 Å². The third-order valence-electron chi connectivity index (χ3n) is 6.17. The summed E-state index contributed by atoms with van der Waals surface area (Å²) in [5.41, 5.74) is 5.80. The number of hydrogen-bond acceptors (Lipinski definition) is 1. The molecule has 0 radical (unpaired) electrons. The summed E-state index contributed by atoms with van der Waals surface area (Å²) in [6.07, 6.45) is 21.2. The molecule has 2 heterocycles. The van der Waals surface area contributed by atoms with Gasteiger partial charge in [0.05, 0.1) is 0 Å². The van der Waals surface area contributed by atoms with Gasteiger partial charge in [-0.25, -0.2) is 4.58 Å². The smallest absolute Gasteiger partial charge is 0.457 e. The summed E-state index contributed by atoms with van der Waals surface area (Å²) >= 11 is 7.06. The van der Waals surface area contributed by atoms with Crippen LogP contribution in [0.3, 0.4) is 0 Å². The Balaban J connectivity index is 0.000000648. The molecule has 0 spiro atoms. The van der Waals surface area contributed by atoms with Crippen molar-refractivity contribution in [2.75, 3.05) is 13.1 Å². The standard InChI is InChI=1S/C30H26Br2NO.BF4/c31-26-11-7-23(8-12-26)25-20-29(34-30(21-25)24-9-13-27(32)14-10-24)17-6-22-4-15-28(16-5-22)33-18-2-1-3-19-33;2-1(3,4)5/h4-17,20-21H,1-3,18-19H2;/q+1;-1. The van der Waals surface area contributed by atoms with Crippen LogP contribution in [0, 0.1) is 0 Å². The minimum Gasteiger partial charge on any atom is -0.457 e. The van der Waals surface area contributed by atoms with Crippen LogP contribution in [0.15, 0.2) is 117 Å². The van der Waals surface area contributed by atoms with E-state index in [-0.39, 0.29) is 0 Å². The van der Waals surface area contributed by atoms with Crippen molar-refractivity contribution in [1.29, 1.82) is 0 Å². The molecule has 9 heteroatoms. The van der Waals surface area contributed by atoms with Gasteiger partial charge in [-0.15, -0.1) is 0 Å². The van der Waals surface area contributed by atoms with Crippen molar-refractivity contribution in [2.24, 2.45) is 0 Å². The van der Waals surface area contributed by atoms with Gasteiger partial charge in [0.25, 0.3) is 0 Å². The molecule has 2 aromatic carbocycles. The Morgan fingerprint density at radius 1 is 0.692 bits per heavy atom. The van der Waals surface area contributed by atoms with E-state index in [2.05, 4.69) is 121 Å². The van der Waals surface area contributed by atoms with Crippen molar-refractivity contribution in [3.63, 3.8) is 0 Å². The van der Waals surface area contributed by atoms with E-state index in [1.807, 2.05) is 12.1 Å². The van der Waals surface area contributed by atoms with Crippen molar-refractivity contribution in [1.82, 2.24) is 0 Å². The van der Waals surface area contributed by atoms with E-state index in [9.17, 15) is 17.3 Å². The second-order valence-electron chi connectivity index (χ2n) is 9.09. The molecule has 0 amide bonds. The van der Waals surface area contributed by atoms with Gasteiger partial charge in [-0.3, -0.25) is 0 Å². The summed E-state index contributed by atoms with van der Waals surface area (Å²) < 4.78 is 49.9. The Bertz CT molecular complexity index is 1370. The molecule has 1 fully saturated rings. The lowest BCUT2D eigenvalue weighted by atomic mass is 10.0. The molecule has 0 unspecified atom stereocenters. The fourth-order valence-corrected chi connectivity index (χ4v) is 4.82. The fourth-order valence-electron chi connectivity index (χ4n) is 4.30. The van der Waals surface area contributed by atoms with Gasteiger partial charge >= 0.3 is 7.25 Å². The summed E-state index contributed by atoms with van der Waals surface area (Å²) in [4.78, 5) is 0. The highest BCUT2D eigenvalue weighted by Crippen LogP contribution is 2.33. The molecule has 2 aromatic rings. The second-order valence-corrected chi connectivity index (χ2v) is 10.9. The summed E-state index contributed by atoms with van der Waals surface area (Å²) in [6, 6.07) is 16.6. The predicted octanol–water partition coefficient (Wildman–Crippen LogP) is 9.54. The number of nitrogens with zero attached hydrogens (tertiary/aromatic N) is 1. The van der Waals surface area contributed by atoms with E-state index in [1.54, 1.807) is 0 Å². The Hall–Kier alpha value is -2.91. The monoisotopic (exact) mass is 661 g/mol. The third-order valence-corrected chi connectivity index (χ3v) is 7.23. The van der Waals surface area contributed by atoms with Crippen molar-refractivity contribution in [3.8, 4) is 0 Å². The number of halogens is 6. The minimum absolute atomic E-state index is 0.818. The highest BCUT2D eigenvalue weighted by molar-refractivity contribution is 9.10. The Labute approximate surface area is 242 Å². The molecule has 1 aliphatic carbocycles. The summed E-state index contributed by atoms with van der Waals surface area (Å²) in [5.74, 6) is 1.66. The van der Waals surface area contributed by atoms with Gasteiger partial charge in [-0.05, 0) is 77.8 Å². The lowest BCUT2D eigenvalue weighted by Gasteiger charge is -2.18. The Kier molecular flexibility index (Phi) is 10.0. The molecule has 2 nitrogen and oxygen atoms in total. The zero-order chi connectivity index (χ0) is 27.8. The molecular weight excluding hydrogens is 637 g/mol. The average Bonchev–Trinajstić information content (AvgIpc) is 2.92. The first kappa shape index (κ1) is 29.1. The highest BCUT2D eigenvalue weighted by Gasteiger charge is 2.20. The molecule has 5 rings (SSSR count). The highest BCUT2D eigenvalue weighted by atomic mass is 79.9. The second kappa shape index (κ2) is 13.4. The number of benzene rings is 2. The molecular formula is C30H26BBr2F4NO. The maximum absolute atomic E-state index is 9.75. The van der Waals surface area contributed by atoms with Crippen LogP contribution in [0.5, 0.6) is 0 Å². The summed E-state index contributed by atoms with van der Waals surface area (Å²) in [7, 11) is -6.00. The first-order chi connectivity index (χ1) is 18.6. The number of piperidine rings is 1. The van der Waals surface area contributed by atoms with Crippen molar-refractivity contribution in [2.45, 2.75) is 19.3 Å². The molecule has 0 atom stereocenters. The van der Waals surface area contributed by atoms with E-state index in [1.165, 1.54) is 25.0 Å². The van der Waals surface area contributed by atoms with Crippen LogP contribution in [0.2, 0.25) is 0 Å². The topological polar surface area (TPSA) is 12.2 Å². The predicted molar refractivity (Wildman–Crippen MR) is 159 cm³/mol. The van der Waals surface area contributed by atoms with Crippen molar-refractivity contribution >= 4 is 56.2 Å². The van der Waals surface area contributed by atoms with Gasteiger partial charge in [-0.2, -0.15) is 0 Å². The molecule has 3 aliphatic rings. The van der Waals surface area contributed by atoms with Crippen molar-refractivity contribution < 1.29 is 26.6 Å². The lowest BCUT2D eigenvalue weighted by molar-refractivity contribution is -0.535. The van der Waals surface area contributed by atoms with Crippen molar-refractivity contribution in [3.05, 3.63) is 129 Å². The third kappa shape index (κ3) is 9.36. The fraction of sp³-hybridized carbons (Fsp3) is 0.167. The van der Waals surface area contributed by atoms with Crippen LogP contribution in [0.4, 0.5) is 17.3 Å². The zero-order valence-electron chi connectivity index (χ0n) is 21.0. The maximum atomic E-state index is 9.75. The largest absolute Gasteiger partial charge is 0.673 e. The number of allylic oxidation sites excluding steroid dienone is 10. The van der Waals surface area contributed by atoms with Gasteiger partial charge in [0.15, 0.2) is 5.71 Å². The van der Waals surface area contributed by atoms with E-state index in [0.29, 0.717) is 0 Å². The summed E-state index contributed by atoms with van der Waals surface area (Å²) in [5, 5.41) is 0. The van der Waals surface area contributed by atoms with Gasteiger partial charge in [0, 0.05) is 39.5 Å². The first-order valence-corrected chi connectivity index (χ1v) is 14.1. The van der Waals surface area contributed by atoms with Gasteiger partial charge in [0.1, 0.15) is 24.6 Å². The van der Waals surface area contributed by atoms with E-state index >= 15 is 0 Å². The molecule has 0 N–H and O–H groups in total. The van der Waals surface area contributed by atoms with Crippen LogP contribution in [0.25, 0.3) is 11.3 Å². The molecule has 0 saturated carbocycles. The lowest BCUT2D eigenvalue weighted by Crippen LogP contribution is -2.25. The average molecular weight is 663 g/mol. The summed E-state index contributed by atoms with van der Waals surface area (Å²) in [6.45, 7) is 2.32. The van der Waals surface area contributed by atoms with Gasteiger partial charge in [0.2, 0.25) is 0 Å². The van der Waals surface area contributed by atoms with Crippen LogP contribution in [0.1, 0.15) is 30.4 Å². The van der Waals surface area contributed by atoms with Crippen LogP contribution in [-0.4, -0.2) is 30.6 Å². The quantitative estimate of drug-likeness (QED) is 0.181. The van der Waals surface area contributed by atoms with Gasteiger partial charge in [-0.1, -0.05) is 62.2 Å². The SMILES string of the molecule is Brc1ccc(C2=CC(=CC=C3C=CC(=[N+]4CCCCC4)C=C3)OC(c3ccc(Br)cc3)=C2)cc1.F[B-](F)(F)F. The molecule has 1 saturated heterocycles. The van der Waals surface area contributed by atoms with Crippen LogP contribution in [-0.2, 0) is 4.74 Å². The van der Waals surface area contributed by atoms with E-state index in [0.717, 1.165) is 55.8 Å². The van der Waals surface area contributed by atoms with E-state index in [4.69, 9.17) is 4.74 Å². The molecule has 202 valence electrons. The Morgan fingerprint density at radius 2 is 1.23 bits per heavy atom.